The second-order valence-corrected chi connectivity index (χ2v) is 26.7. The third-order valence-electron chi connectivity index (χ3n) is 17.4. The van der Waals surface area contributed by atoms with Crippen molar-refractivity contribution < 1.29 is 117 Å². The van der Waals surface area contributed by atoms with Crippen LogP contribution in [-0.4, -0.2) is 222 Å². The highest BCUT2D eigenvalue weighted by Gasteiger charge is 2.39. The number of nitrogens with two attached hydrogens (primary N) is 3. The first kappa shape index (κ1) is 92.5. The Hall–Kier alpha value is -11.7. The number of hydrogen-bond acceptors (Lipinski definition) is 21. The molecule has 0 aliphatic carbocycles. The van der Waals surface area contributed by atoms with Crippen LogP contribution in [0.1, 0.15) is 135 Å². The van der Waals surface area contributed by atoms with Crippen LogP contribution in [-0.2, 0) is 101 Å². The second kappa shape index (κ2) is 47.2. The average molecular weight is 1550 g/mol. The smallest absolute Gasteiger partial charge is 0.326 e. The fraction of sp³-hybridized carbons (Fsp3) is 0.514. The number of aliphatic hydroxyl groups is 1. The molecule has 0 aliphatic heterocycles. The Kier molecular flexibility index (Phi) is 39.7. The molecule has 0 heterocycles. The molecular formula is C72H102N14O24. The number of phenolic OH excluding ortho intramolecular Hbond substituents is 1. The van der Waals surface area contributed by atoms with E-state index in [4.69, 9.17) is 22.3 Å². The quantitative estimate of drug-likeness (QED) is 0.0246. The maximum atomic E-state index is 14.9. The van der Waals surface area contributed by atoms with Gasteiger partial charge in [-0.05, 0) is 99.1 Å². The van der Waals surface area contributed by atoms with Crippen molar-refractivity contribution >= 4 is 101 Å². The van der Waals surface area contributed by atoms with Gasteiger partial charge >= 0.3 is 29.8 Å². The maximum Gasteiger partial charge on any atom is 0.326 e. The summed E-state index contributed by atoms with van der Waals surface area (Å²) in [6.07, 6.45) is -8.74. The summed E-state index contributed by atoms with van der Waals surface area (Å²) in [4.78, 5) is 228. The number of benzene rings is 3. The lowest BCUT2D eigenvalue weighted by Gasteiger charge is -2.30. The van der Waals surface area contributed by atoms with Gasteiger partial charge in [-0.3, -0.25) is 76.7 Å². The van der Waals surface area contributed by atoms with Crippen molar-refractivity contribution in [3.8, 4) is 5.75 Å². The molecule has 3 aromatic rings. The van der Waals surface area contributed by atoms with Gasteiger partial charge in [-0.2, -0.15) is 0 Å². The largest absolute Gasteiger partial charge is 0.508 e. The number of rotatable bonds is 51. The first-order valence-electron chi connectivity index (χ1n) is 35.6. The summed E-state index contributed by atoms with van der Waals surface area (Å²) in [5.41, 5.74) is 18.4. The summed E-state index contributed by atoms with van der Waals surface area (Å²) in [6, 6.07) is 1.73. The number of phenols is 1. The van der Waals surface area contributed by atoms with Gasteiger partial charge in [0.1, 0.15) is 78.3 Å². The topological polar surface area (TPSA) is 642 Å². The van der Waals surface area contributed by atoms with Crippen molar-refractivity contribution in [2.45, 2.75) is 216 Å². The lowest BCUT2D eigenvalue weighted by molar-refractivity contribution is -0.144. The van der Waals surface area contributed by atoms with Crippen molar-refractivity contribution in [3.63, 3.8) is 0 Å². The average Bonchev–Trinajstić information content (AvgIpc) is 0.844. The molecule has 38 nitrogen and oxygen atoms in total. The lowest BCUT2D eigenvalue weighted by Crippen LogP contribution is -2.62. The monoisotopic (exact) mass is 1550 g/mol. The zero-order valence-electron chi connectivity index (χ0n) is 61.6. The molecule has 604 valence electrons. The van der Waals surface area contributed by atoms with E-state index in [9.17, 15) is 112 Å². The minimum Gasteiger partial charge on any atom is -0.508 e. The standard InChI is InChI=1S/C72H102N14O24/c1-6-38(4)60(86-68(105)51(83-69(106)58(75)39(5)87)35-42-20-22-43(88)23-21-42)71(108)84-49(33-40-15-9-7-10-16-40)65(102)81-50(34-41-17-11-8-12-18-41)67(104)85-59(37(2)3)70(107)79-47(26-30-55(92)93)64(101)82-52(36-57(96)97)66(103)78-45(24-28-53(74)89)62(99)76-44(19-13-14-32-73)61(98)77-46(25-29-54(90)91)63(100)80-48(72(109)110)27-31-56(94)95/h7-12,15-18,20-23,37-39,44-52,58-60,87-88H,6,13-14,19,24-36,73,75H2,1-5H3,(H2,74,89)(H,76,99)(H,77,98)(H,78,103)(H,79,107)(H,80,100)(H,81,102)(H,82,101)(H,83,106)(H,84,108)(H,85,104)(H,86,105)(H,90,91)(H,92,93)(H,94,95)(H,96,97)(H,109,110)/t38-,39+,44-,45-,46-,47-,48-,49-,50-,51-,52-,58-,59-,60-/m0/s1. The minimum absolute atomic E-state index is 0.0552. The van der Waals surface area contributed by atoms with Crippen LogP contribution in [0, 0.1) is 11.8 Å². The summed E-state index contributed by atoms with van der Waals surface area (Å²) in [5, 5.41) is 94.6. The summed E-state index contributed by atoms with van der Waals surface area (Å²) < 4.78 is 0. The molecule has 24 N–H and O–H groups in total. The number of aromatic hydroxyl groups is 1. The molecule has 38 heteroatoms. The van der Waals surface area contributed by atoms with Crippen LogP contribution in [0.25, 0.3) is 0 Å². The lowest BCUT2D eigenvalue weighted by atomic mass is 9.96. The van der Waals surface area contributed by atoms with Crippen molar-refractivity contribution in [1.82, 2.24) is 58.5 Å². The van der Waals surface area contributed by atoms with E-state index in [1.165, 1.54) is 45.0 Å². The van der Waals surface area contributed by atoms with Gasteiger partial charge in [-0.1, -0.05) is 107 Å². The van der Waals surface area contributed by atoms with E-state index in [1.807, 2.05) is 5.32 Å². The highest BCUT2D eigenvalue weighted by molar-refractivity contribution is 6.00. The number of nitrogens with one attached hydrogen (secondary N) is 11. The zero-order chi connectivity index (χ0) is 82.5. The van der Waals surface area contributed by atoms with E-state index in [2.05, 4.69) is 53.2 Å². The Balaban J connectivity index is 2.02. The molecule has 0 saturated heterocycles. The van der Waals surface area contributed by atoms with E-state index < -0.39 is 249 Å². The number of primary amides is 1. The Labute approximate surface area is 633 Å². The molecule has 0 aromatic heterocycles. The third kappa shape index (κ3) is 33.6. The van der Waals surface area contributed by atoms with Crippen molar-refractivity contribution in [2.75, 3.05) is 6.54 Å². The van der Waals surface area contributed by atoms with Gasteiger partial charge in [-0.25, -0.2) is 4.79 Å². The van der Waals surface area contributed by atoms with Crippen molar-refractivity contribution in [3.05, 3.63) is 102 Å². The molecule has 3 aromatic carbocycles. The Bertz CT molecular complexity index is 3660. The summed E-state index contributed by atoms with van der Waals surface area (Å²) in [6.45, 7) is 7.62. The molecule has 14 atom stereocenters. The fourth-order valence-electron chi connectivity index (χ4n) is 10.9. The van der Waals surface area contributed by atoms with Gasteiger partial charge in [0.15, 0.2) is 0 Å². The number of unbranched alkanes of at least 4 members (excludes halogenated alkanes) is 1. The van der Waals surface area contributed by atoms with Crippen molar-refractivity contribution in [1.29, 1.82) is 0 Å². The van der Waals surface area contributed by atoms with Gasteiger partial charge in [0.2, 0.25) is 70.9 Å². The van der Waals surface area contributed by atoms with Crippen LogP contribution in [0.2, 0.25) is 0 Å². The maximum absolute atomic E-state index is 14.9. The van der Waals surface area contributed by atoms with E-state index >= 15 is 0 Å². The van der Waals surface area contributed by atoms with Crippen molar-refractivity contribution in [2.24, 2.45) is 29.0 Å². The fourth-order valence-corrected chi connectivity index (χ4v) is 10.9. The van der Waals surface area contributed by atoms with Crippen LogP contribution in [0.5, 0.6) is 5.75 Å². The van der Waals surface area contributed by atoms with E-state index in [0.29, 0.717) is 16.7 Å². The first-order valence-corrected chi connectivity index (χ1v) is 35.6. The van der Waals surface area contributed by atoms with E-state index in [1.54, 1.807) is 74.5 Å². The number of carboxylic acid groups (broad SMARTS) is 5. The molecule has 0 fully saturated rings. The molecule has 0 bridgehead atoms. The number of aliphatic hydroxyl groups excluding tert-OH is 1. The molecule has 0 radical (unpaired) electrons. The normalized spacial score (nSPS) is 14.9. The molecule has 0 unspecified atom stereocenters. The van der Waals surface area contributed by atoms with E-state index in [0.717, 1.165) is 0 Å². The van der Waals surface area contributed by atoms with E-state index in [-0.39, 0.29) is 57.2 Å². The number of carbonyl (C=O) groups is 17. The van der Waals surface area contributed by atoms with Gasteiger partial charge < -0.3 is 111 Å². The molecule has 110 heavy (non-hydrogen) atoms. The molecule has 0 aliphatic rings. The van der Waals surface area contributed by atoms with Gasteiger partial charge in [0.05, 0.1) is 12.5 Å². The number of aliphatic carboxylic acids is 5. The van der Waals surface area contributed by atoms with Gasteiger partial charge in [0.25, 0.3) is 0 Å². The Morgan fingerprint density at radius 2 is 0.700 bits per heavy atom. The van der Waals surface area contributed by atoms with Crippen LogP contribution in [0.3, 0.4) is 0 Å². The predicted octanol–water partition coefficient (Wildman–Crippen LogP) is -3.29. The highest BCUT2D eigenvalue weighted by Crippen LogP contribution is 2.17. The molecule has 0 saturated carbocycles. The molecular weight excluding hydrogens is 1440 g/mol. The summed E-state index contributed by atoms with van der Waals surface area (Å²) >= 11 is 0. The summed E-state index contributed by atoms with van der Waals surface area (Å²) in [7, 11) is 0. The minimum atomic E-state index is -2.20. The number of amides is 12. The summed E-state index contributed by atoms with van der Waals surface area (Å²) in [5.74, 6) is -22.9. The van der Waals surface area contributed by atoms with Gasteiger partial charge in [0, 0.05) is 44.9 Å². The number of carboxylic acids is 5. The predicted molar refractivity (Wildman–Crippen MR) is 389 cm³/mol. The Morgan fingerprint density at radius 3 is 1.09 bits per heavy atom. The first-order chi connectivity index (χ1) is 51.8. The number of carbonyl (C=O) groups excluding carboxylic acids is 12. The van der Waals surface area contributed by atoms with Crippen LogP contribution in [0.15, 0.2) is 84.9 Å². The number of hydrogen-bond donors (Lipinski definition) is 21. The van der Waals surface area contributed by atoms with Gasteiger partial charge in [-0.15, -0.1) is 0 Å². The highest BCUT2D eigenvalue weighted by atomic mass is 16.4. The van der Waals surface area contributed by atoms with Crippen LogP contribution < -0.4 is 75.7 Å². The zero-order valence-corrected chi connectivity index (χ0v) is 61.6. The third-order valence-corrected chi connectivity index (χ3v) is 17.4. The Morgan fingerprint density at radius 1 is 0.373 bits per heavy atom. The second-order valence-electron chi connectivity index (χ2n) is 26.7. The SMILES string of the molecule is CC[C@H](C)[C@H](NC(=O)[C@H](Cc1ccc(O)cc1)NC(=O)[C@@H](N)[C@@H](C)O)C(=O)N[C@@H](Cc1ccccc1)C(=O)N[C@@H](Cc1ccccc1)C(=O)N[C@H](C(=O)N[C@@H](CCC(=O)O)C(=O)N[C@@H](CC(=O)O)C(=O)N[C@@H](CCC(N)=O)C(=O)N[C@@H](CCCCN)C(=O)N[C@@H](CCC(=O)O)C(=O)N[C@@H](CCC(=O)O)C(=O)O)C(C)C. The molecule has 0 spiro atoms. The molecule has 12 amide bonds. The van der Waals surface area contributed by atoms with Crippen LogP contribution >= 0.6 is 0 Å². The van der Waals surface area contributed by atoms with Crippen LogP contribution in [0.4, 0.5) is 0 Å². The molecule has 3 rings (SSSR count).